The average Bonchev–Trinajstić information content (AvgIpc) is 2.65. The van der Waals surface area contributed by atoms with Crippen LogP contribution in [0, 0.1) is 5.92 Å². The quantitative estimate of drug-likeness (QED) is 0.851. The number of pyridine rings is 1. The number of nitrogens with zero attached hydrogens (tertiary/aromatic N) is 3. The predicted octanol–water partition coefficient (Wildman–Crippen LogP) is 2.41. The van der Waals surface area contributed by atoms with Crippen LogP contribution in [0.2, 0.25) is 0 Å². The summed E-state index contributed by atoms with van der Waals surface area (Å²) in [7, 11) is 0. The zero-order valence-electron chi connectivity index (χ0n) is 16.1. The highest BCUT2D eigenvalue weighted by Gasteiger charge is 2.27. The topological polar surface area (TPSA) is 83.0 Å². The maximum atomic E-state index is 13.0. The number of morpholine rings is 1. The van der Waals surface area contributed by atoms with Crippen molar-refractivity contribution in [2.75, 3.05) is 31.1 Å². The van der Waals surface area contributed by atoms with Crippen LogP contribution in [0.1, 0.15) is 50.0 Å². The molecule has 2 fully saturated rings. The van der Waals surface area contributed by atoms with Gasteiger partial charge in [0.1, 0.15) is 5.69 Å². The molecule has 3 heterocycles. The Morgan fingerprint density at radius 2 is 2.00 bits per heavy atom. The van der Waals surface area contributed by atoms with Crippen LogP contribution in [0.25, 0.3) is 0 Å². The number of hydrogen-bond donors (Lipinski definition) is 1. The molecule has 1 aromatic rings. The lowest BCUT2D eigenvalue weighted by atomic mass is 9.93. The first-order chi connectivity index (χ1) is 12.9. The van der Waals surface area contributed by atoms with E-state index in [0.29, 0.717) is 25.2 Å². The van der Waals surface area contributed by atoms with E-state index in [-0.39, 0.29) is 30.5 Å². The molecule has 2 aliphatic rings. The number of carbonyl (C=O) groups is 2. The van der Waals surface area contributed by atoms with Crippen molar-refractivity contribution in [1.29, 1.82) is 0 Å². The van der Waals surface area contributed by atoms with E-state index in [1.165, 1.54) is 0 Å². The van der Waals surface area contributed by atoms with Crippen LogP contribution in [0.15, 0.2) is 18.3 Å². The standard InChI is InChI=1S/C20H29N3O4/c1-14-11-23(12-15(2)27-14)17-7-8-21-18(10-17)20(26)22-9-3-4-16(13-22)5-6-19(24)25/h7-8,10,14-16H,3-6,9,11-13H2,1-2H3,(H,24,25). The third-order valence-corrected chi connectivity index (χ3v) is 5.32. The van der Waals surface area contributed by atoms with Gasteiger partial charge in [0.15, 0.2) is 0 Å². The average molecular weight is 375 g/mol. The smallest absolute Gasteiger partial charge is 0.303 e. The number of amides is 1. The van der Waals surface area contributed by atoms with Crippen LogP contribution >= 0.6 is 0 Å². The van der Waals surface area contributed by atoms with Crippen molar-refractivity contribution >= 4 is 17.6 Å². The van der Waals surface area contributed by atoms with Crippen LogP contribution in [0.5, 0.6) is 0 Å². The van der Waals surface area contributed by atoms with Crippen molar-refractivity contribution in [2.45, 2.75) is 51.7 Å². The van der Waals surface area contributed by atoms with E-state index in [4.69, 9.17) is 9.84 Å². The summed E-state index contributed by atoms with van der Waals surface area (Å²) in [5.74, 6) is -0.587. The molecule has 0 saturated carbocycles. The van der Waals surface area contributed by atoms with Gasteiger partial charge in [0.25, 0.3) is 5.91 Å². The second-order valence-corrected chi connectivity index (χ2v) is 7.75. The summed E-state index contributed by atoms with van der Waals surface area (Å²) in [6.07, 6.45) is 4.67. The first-order valence-electron chi connectivity index (χ1n) is 9.80. The number of likely N-dealkylation sites (tertiary alicyclic amines) is 1. The van der Waals surface area contributed by atoms with Gasteiger partial charge in [0, 0.05) is 44.5 Å². The lowest BCUT2D eigenvalue weighted by Gasteiger charge is -2.37. The number of hydrogen-bond acceptors (Lipinski definition) is 5. The molecule has 0 aromatic carbocycles. The summed E-state index contributed by atoms with van der Waals surface area (Å²) in [5.41, 5.74) is 1.45. The first kappa shape index (κ1) is 19.6. The molecule has 1 N–H and O–H groups in total. The van der Waals surface area contributed by atoms with E-state index in [1.54, 1.807) is 6.20 Å². The number of carboxylic acids is 1. The molecule has 148 valence electrons. The van der Waals surface area contributed by atoms with Crippen LogP contribution < -0.4 is 4.90 Å². The van der Waals surface area contributed by atoms with E-state index in [0.717, 1.165) is 31.6 Å². The fraction of sp³-hybridized carbons (Fsp3) is 0.650. The van der Waals surface area contributed by atoms with Crippen LogP contribution in [0.4, 0.5) is 5.69 Å². The number of aromatic nitrogens is 1. The van der Waals surface area contributed by atoms with Crippen molar-refractivity contribution in [2.24, 2.45) is 5.92 Å². The summed E-state index contributed by atoms with van der Waals surface area (Å²) >= 11 is 0. The number of carboxylic acid groups (broad SMARTS) is 1. The number of anilines is 1. The third-order valence-electron chi connectivity index (χ3n) is 5.32. The molecule has 3 unspecified atom stereocenters. The molecule has 27 heavy (non-hydrogen) atoms. The lowest BCUT2D eigenvalue weighted by molar-refractivity contribution is -0.137. The zero-order chi connectivity index (χ0) is 19.4. The molecule has 7 nitrogen and oxygen atoms in total. The van der Waals surface area contributed by atoms with Crippen LogP contribution in [0.3, 0.4) is 0 Å². The molecule has 0 radical (unpaired) electrons. The number of carbonyl (C=O) groups excluding carboxylic acids is 1. The second kappa shape index (κ2) is 8.69. The molecule has 0 spiro atoms. The molecule has 0 aliphatic carbocycles. The van der Waals surface area contributed by atoms with Gasteiger partial charge >= 0.3 is 5.97 Å². The summed E-state index contributed by atoms with van der Waals surface area (Å²) in [5, 5.41) is 8.88. The van der Waals surface area contributed by atoms with E-state index in [9.17, 15) is 9.59 Å². The number of rotatable bonds is 5. The van der Waals surface area contributed by atoms with Crippen molar-refractivity contribution in [3.05, 3.63) is 24.0 Å². The number of aliphatic carboxylic acids is 1. The van der Waals surface area contributed by atoms with Gasteiger partial charge in [-0.25, -0.2) is 0 Å². The van der Waals surface area contributed by atoms with E-state index >= 15 is 0 Å². The van der Waals surface area contributed by atoms with Gasteiger partial charge < -0.3 is 19.6 Å². The molecule has 2 aliphatic heterocycles. The molecule has 0 bridgehead atoms. The van der Waals surface area contributed by atoms with Crippen LogP contribution in [-0.4, -0.2) is 65.3 Å². The van der Waals surface area contributed by atoms with Crippen molar-refractivity contribution in [3.63, 3.8) is 0 Å². The van der Waals surface area contributed by atoms with Crippen molar-refractivity contribution in [3.8, 4) is 0 Å². The Bertz CT molecular complexity index is 671. The van der Waals surface area contributed by atoms with Gasteiger partial charge in [0.2, 0.25) is 0 Å². The molecular formula is C20H29N3O4. The Balaban J connectivity index is 1.67. The Labute approximate surface area is 160 Å². The Hall–Kier alpha value is -2.15. The third kappa shape index (κ3) is 5.19. The second-order valence-electron chi connectivity index (χ2n) is 7.75. The molecule has 3 rings (SSSR count). The lowest BCUT2D eigenvalue weighted by Crippen LogP contribution is -2.45. The number of ether oxygens (including phenoxy) is 1. The van der Waals surface area contributed by atoms with Gasteiger partial charge in [-0.3, -0.25) is 14.6 Å². The molecule has 7 heteroatoms. The van der Waals surface area contributed by atoms with Gasteiger partial charge in [0.05, 0.1) is 12.2 Å². The molecular weight excluding hydrogens is 346 g/mol. The Kier molecular flexibility index (Phi) is 6.31. The van der Waals surface area contributed by atoms with E-state index in [1.807, 2.05) is 17.0 Å². The fourth-order valence-corrected chi connectivity index (χ4v) is 4.10. The molecule has 1 aromatic heterocycles. The Morgan fingerprint density at radius 3 is 2.70 bits per heavy atom. The van der Waals surface area contributed by atoms with E-state index in [2.05, 4.69) is 23.7 Å². The monoisotopic (exact) mass is 375 g/mol. The van der Waals surface area contributed by atoms with Gasteiger partial charge in [-0.2, -0.15) is 0 Å². The first-order valence-corrected chi connectivity index (χ1v) is 9.80. The zero-order valence-corrected chi connectivity index (χ0v) is 16.1. The van der Waals surface area contributed by atoms with Crippen LogP contribution in [-0.2, 0) is 9.53 Å². The highest BCUT2D eigenvalue weighted by Crippen LogP contribution is 2.24. The minimum atomic E-state index is -0.776. The maximum absolute atomic E-state index is 13.0. The predicted molar refractivity (Wildman–Crippen MR) is 102 cm³/mol. The fourth-order valence-electron chi connectivity index (χ4n) is 4.10. The Morgan fingerprint density at radius 1 is 1.26 bits per heavy atom. The normalized spacial score (nSPS) is 26.1. The minimum Gasteiger partial charge on any atom is -0.481 e. The van der Waals surface area contributed by atoms with Gasteiger partial charge in [-0.05, 0) is 51.2 Å². The number of piperidine rings is 1. The molecule has 2 saturated heterocycles. The molecule has 3 atom stereocenters. The van der Waals surface area contributed by atoms with Crippen molar-refractivity contribution < 1.29 is 19.4 Å². The summed E-state index contributed by atoms with van der Waals surface area (Å²) in [6, 6.07) is 3.81. The largest absolute Gasteiger partial charge is 0.481 e. The van der Waals surface area contributed by atoms with Gasteiger partial charge in [-0.1, -0.05) is 0 Å². The van der Waals surface area contributed by atoms with E-state index < -0.39 is 5.97 Å². The SMILES string of the molecule is CC1CN(c2ccnc(C(=O)N3CCCC(CCC(=O)O)C3)c2)CC(C)O1. The summed E-state index contributed by atoms with van der Waals surface area (Å²) in [4.78, 5) is 32.1. The summed E-state index contributed by atoms with van der Waals surface area (Å²) < 4.78 is 5.79. The molecule has 1 amide bonds. The minimum absolute atomic E-state index is 0.0637. The van der Waals surface area contributed by atoms with Gasteiger partial charge in [-0.15, -0.1) is 0 Å². The summed E-state index contributed by atoms with van der Waals surface area (Å²) in [6.45, 7) is 7.03. The maximum Gasteiger partial charge on any atom is 0.303 e. The van der Waals surface area contributed by atoms with Crippen molar-refractivity contribution in [1.82, 2.24) is 9.88 Å². The highest BCUT2D eigenvalue weighted by molar-refractivity contribution is 5.93. The highest BCUT2D eigenvalue weighted by atomic mass is 16.5.